The summed E-state index contributed by atoms with van der Waals surface area (Å²) in [5.74, 6) is 1.03. The topological polar surface area (TPSA) is 69.6 Å². The van der Waals surface area contributed by atoms with Crippen molar-refractivity contribution in [3.05, 3.63) is 16.1 Å². The van der Waals surface area contributed by atoms with E-state index in [2.05, 4.69) is 32.9 Å². The molecule has 2 rings (SSSR count). The molecule has 1 saturated heterocycles. The van der Waals surface area contributed by atoms with Crippen LogP contribution in [-0.2, 0) is 17.6 Å². The van der Waals surface area contributed by atoms with Crippen LogP contribution in [0.25, 0.3) is 0 Å². The highest BCUT2D eigenvalue weighted by molar-refractivity contribution is 14.0. The van der Waals surface area contributed by atoms with Gasteiger partial charge in [-0.15, -0.1) is 35.3 Å². The molecular weight excluding hydrogens is 437 g/mol. The molecule has 0 aliphatic carbocycles. The van der Waals surface area contributed by atoms with Gasteiger partial charge < -0.3 is 15.5 Å². The summed E-state index contributed by atoms with van der Waals surface area (Å²) in [6.45, 7) is 6.43. The Balaban J connectivity index is 0.00000288. The van der Waals surface area contributed by atoms with E-state index in [0.717, 1.165) is 50.6 Å². The van der Waals surface area contributed by atoms with Crippen LogP contribution in [0.5, 0.6) is 0 Å². The van der Waals surface area contributed by atoms with E-state index in [1.807, 2.05) is 11.8 Å². The van der Waals surface area contributed by atoms with E-state index in [0.29, 0.717) is 6.42 Å². The number of nitrogens with one attached hydrogen (secondary N) is 2. The number of likely N-dealkylation sites (tertiary alicyclic amines) is 1. The minimum Gasteiger partial charge on any atom is -0.356 e. The predicted molar refractivity (Wildman–Crippen MR) is 110 cm³/mol. The first-order valence-electron chi connectivity index (χ1n) is 8.34. The monoisotopic (exact) mass is 465 g/mol. The molecule has 0 aromatic carbocycles. The summed E-state index contributed by atoms with van der Waals surface area (Å²) in [5, 5.41) is 10.1. The van der Waals surface area contributed by atoms with Gasteiger partial charge in [-0.05, 0) is 12.8 Å². The Labute approximate surface area is 165 Å². The van der Waals surface area contributed by atoms with Crippen LogP contribution < -0.4 is 10.6 Å². The van der Waals surface area contributed by atoms with E-state index >= 15 is 0 Å². The third-order valence-electron chi connectivity index (χ3n) is 3.98. The van der Waals surface area contributed by atoms with E-state index in [1.54, 1.807) is 18.4 Å². The van der Waals surface area contributed by atoms with Crippen molar-refractivity contribution in [2.24, 2.45) is 4.99 Å². The van der Waals surface area contributed by atoms with E-state index in [-0.39, 0.29) is 35.9 Å². The summed E-state index contributed by atoms with van der Waals surface area (Å²) in [4.78, 5) is 22.5. The average Bonchev–Trinajstić information content (AvgIpc) is 3.22. The number of aryl methyl sites for hydroxylation is 1. The molecule has 2 heterocycles. The molecule has 1 amide bonds. The first-order valence-corrected chi connectivity index (χ1v) is 9.22. The molecule has 1 aliphatic heterocycles. The molecule has 8 heteroatoms. The van der Waals surface area contributed by atoms with Gasteiger partial charge in [0.1, 0.15) is 0 Å². The SMILES string of the molecule is CCC(=O)N1CCC(NC(=NC)NCCc2csc(CC)n2)C1.I. The number of hydrogen-bond donors (Lipinski definition) is 2. The summed E-state index contributed by atoms with van der Waals surface area (Å²) in [6, 6.07) is 0.280. The van der Waals surface area contributed by atoms with Gasteiger partial charge in [-0.2, -0.15) is 0 Å². The Morgan fingerprint density at radius 2 is 2.29 bits per heavy atom. The van der Waals surface area contributed by atoms with Crippen molar-refractivity contribution in [3.63, 3.8) is 0 Å². The third kappa shape index (κ3) is 6.19. The Bertz CT molecular complexity index is 548. The lowest BCUT2D eigenvalue weighted by Gasteiger charge is -2.18. The number of guanidine groups is 1. The van der Waals surface area contributed by atoms with Gasteiger partial charge in [-0.1, -0.05) is 13.8 Å². The Hall–Kier alpha value is -0.900. The number of rotatable bonds is 6. The van der Waals surface area contributed by atoms with E-state index in [9.17, 15) is 4.79 Å². The molecule has 1 unspecified atom stereocenters. The first-order chi connectivity index (χ1) is 11.2. The van der Waals surface area contributed by atoms with Gasteiger partial charge in [-0.3, -0.25) is 9.79 Å². The molecule has 0 spiro atoms. The summed E-state index contributed by atoms with van der Waals surface area (Å²) in [7, 11) is 1.78. The maximum atomic E-state index is 11.7. The third-order valence-corrected chi connectivity index (χ3v) is 5.03. The lowest BCUT2D eigenvalue weighted by molar-refractivity contribution is -0.129. The minimum absolute atomic E-state index is 0. The van der Waals surface area contributed by atoms with Crippen molar-refractivity contribution in [2.75, 3.05) is 26.7 Å². The van der Waals surface area contributed by atoms with Crippen LogP contribution in [0.4, 0.5) is 0 Å². The van der Waals surface area contributed by atoms with Crippen LogP contribution in [0.3, 0.4) is 0 Å². The number of carbonyl (C=O) groups is 1. The molecule has 1 fully saturated rings. The van der Waals surface area contributed by atoms with Gasteiger partial charge in [0, 0.05) is 50.9 Å². The summed E-state index contributed by atoms with van der Waals surface area (Å²) in [6.07, 6.45) is 3.43. The van der Waals surface area contributed by atoms with Gasteiger partial charge >= 0.3 is 0 Å². The molecule has 0 bridgehead atoms. The normalized spacial score (nSPS) is 17.5. The molecule has 1 aromatic heterocycles. The van der Waals surface area contributed by atoms with Gasteiger partial charge in [-0.25, -0.2) is 4.98 Å². The largest absolute Gasteiger partial charge is 0.356 e. The van der Waals surface area contributed by atoms with Gasteiger partial charge in [0.2, 0.25) is 5.91 Å². The zero-order valence-corrected chi connectivity index (χ0v) is 17.8. The maximum Gasteiger partial charge on any atom is 0.222 e. The van der Waals surface area contributed by atoms with Crippen molar-refractivity contribution < 1.29 is 4.79 Å². The number of thiazole rings is 1. The Morgan fingerprint density at radius 3 is 2.92 bits per heavy atom. The average molecular weight is 465 g/mol. The van der Waals surface area contributed by atoms with Crippen molar-refractivity contribution >= 4 is 47.2 Å². The Morgan fingerprint density at radius 1 is 1.50 bits per heavy atom. The number of carbonyl (C=O) groups excluding carboxylic acids is 1. The van der Waals surface area contributed by atoms with E-state index in [4.69, 9.17) is 0 Å². The van der Waals surface area contributed by atoms with E-state index in [1.165, 1.54) is 5.01 Å². The smallest absolute Gasteiger partial charge is 0.222 e. The summed E-state index contributed by atoms with van der Waals surface area (Å²) < 4.78 is 0. The number of aliphatic imine (C=N–C) groups is 1. The molecule has 1 aromatic rings. The lowest BCUT2D eigenvalue weighted by atomic mass is 10.3. The maximum absolute atomic E-state index is 11.7. The fraction of sp³-hybridized carbons (Fsp3) is 0.688. The molecule has 24 heavy (non-hydrogen) atoms. The van der Waals surface area contributed by atoms with Crippen LogP contribution in [-0.4, -0.2) is 54.5 Å². The second-order valence-electron chi connectivity index (χ2n) is 5.66. The molecule has 1 aliphatic rings. The predicted octanol–water partition coefficient (Wildman–Crippen LogP) is 2.04. The van der Waals surface area contributed by atoms with Crippen LogP contribution in [0.15, 0.2) is 10.4 Å². The Kier molecular flexibility index (Phi) is 9.57. The standard InChI is InChI=1S/C16H27N5OS.HI/c1-4-14-19-13(11-23-14)6-8-18-16(17-3)20-12-7-9-21(10-12)15(22)5-2;/h11-12H,4-10H2,1-3H3,(H2,17,18,20);1H. The number of nitrogens with zero attached hydrogens (tertiary/aromatic N) is 3. The van der Waals surface area contributed by atoms with Crippen LogP contribution in [0.1, 0.15) is 37.4 Å². The van der Waals surface area contributed by atoms with Crippen molar-refractivity contribution in [3.8, 4) is 0 Å². The molecule has 136 valence electrons. The molecule has 0 saturated carbocycles. The molecular formula is C16H28IN5OS. The quantitative estimate of drug-likeness (QED) is 0.384. The molecule has 1 atom stereocenters. The van der Waals surface area contributed by atoms with Crippen molar-refractivity contribution in [2.45, 2.75) is 45.6 Å². The minimum atomic E-state index is 0. The van der Waals surface area contributed by atoms with E-state index < -0.39 is 0 Å². The second-order valence-corrected chi connectivity index (χ2v) is 6.60. The molecule has 6 nitrogen and oxygen atoms in total. The highest BCUT2D eigenvalue weighted by atomic mass is 127. The van der Waals surface area contributed by atoms with Crippen molar-refractivity contribution in [1.82, 2.24) is 20.5 Å². The number of aromatic nitrogens is 1. The van der Waals surface area contributed by atoms with Crippen LogP contribution in [0, 0.1) is 0 Å². The van der Waals surface area contributed by atoms with Crippen LogP contribution in [0.2, 0.25) is 0 Å². The summed E-state index contributed by atoms with van der Waals surface area (Å²) >= 11 is 1.72. The highest BCUT2D eigenvalue weighted by Crippen LogP contribution is 2.11. The van der Waals surface area contributed by atoms with Crippen molar-refractivity contribution in [1.29, 1.82) is 0 Å². The zero-order chi connectivity index (χ0) is 16.7. The lowest BCUT2D eigenvalue weighted by Crippen LogP contribution is -2.45. The highest BCUT2D eigenvalue weighted by Gasteiger charge is 2.25. The molecule has 0 radical (unpaired) electrons. The number of hydrogen-bond acceptors (Lipinski definition) is 4. The van der Waals surface area contributed by atoms with Crippen LogP contribution >= 0.6 is 35.3 Å². The van der Waals surface area contributed by atoms with Gasteiger partial charge in [0.05, 0.1) is 10.7 Å². The molecule has 2 N–H and O–H groups in total. The van der Waals surface area contributed by atoms with Gasteiger partial charge in [0.25, 0.3) is 0 Å². The summed E-state index contributed by atoms with van der Waals surface area (Å²) in [5.41, 5.74) is 1.13. The van der Waals surface area contributed by atoms with Gasteiger partial charge in [0.15, 0.2) is 5.96 Å². The zero-order valence-electron chi connectivity index (χ0n) is 14.7. The fourth-order valence-corrected chi connectivity index (χ4v) is 3.43. The number of halogens is 1. The number of amides is 1. The fourth-order valence-electron chi connectivity index (χ4n) is 2.65. The second kappa shape index (κ2) is 10.9. The first kappa shape index (κ1) is 21.1.